The molecule has 0 aromatic carbocycles. The fourth-order valence-corrected chi connectivity index (χ4v) is 0.441. The number of hydrogen-bond acceptors (Lipinski definition) is 3. The highest BCUT2D eigenvalue weighted by Crippen LogP contribution is 1.96. The van der Waals surface area contributed by atoms with Crippen LogP contribution in [0.1, 0.15) is 13.8 Å². The molecule has 1 heterocycles. The van der Waals surface area contributed by atoms with Gasteiger partial charge >= 0.3 is 0 Å². The van der Waals surface area contributed by atoms with Gasteiger partial charge in [-0.2, -0.15) is 5.10 Å². The van der Waals surface area contributed by atoms with E-state index in [1.165, 1.54) is 5.57 Å². The molecule has 0 aliphatic carbocycles. The number of hydrogen-bond donors (Lipinski definition) is 2. The molecule has 44 valence electrons. The molecule has 0 saturated heterocycles. The lowest BCUT2D eigenvalue weighted by Gasteiger charge is -2.10. The van der Waals surface area contributed by atoms with Gasteiger partial charge < -0.3 is 0 Å². The first-order valence-corrected chi connectivity index (χ1v) is 2.52. The van der Waals surface area contributed by atoms with E-state index in [0.717, 1.165) is 5.70 Å². The summed E-state index contributed by atoms with van der Waals surface area (Å²) in [5, 5.41) is 3.76. The molecular formula is C5H9N3. The van der Waals surface area contributed by atoms with E-state index in [1.807, 2.05) is 13.8 Å². The molecule has 0 fully saturated rings. The van der Waals surface area contributed by atoms with Gasteiger partial charge in [-0.15, -0.1) is 0 Å². The molecule has 0 spiro atoms. The van der Waals surface area contributed by atoms with Crippen LogP contribution in [0.15, 0.2) is 16.4 Å². The molecule has 3 nitrogen and oxygen atoms in total. The summed E-state index contributed by atoms with van der Waals surface area (Å²) in [6, 6.07) is 0. The Bertz CT molecular complexity index is 146. The molecule has 0 aromatic heterocycles. The van der Waals surface area contributed by atoms with Gasteiger partial charge in [-0.3, -0.25) is 5.43 Å². The van der Waals surface area contributed by atoms with Gasteiger partial charge in [0.2, 0.25) is 0 Å². The largest absolute Gasteiger partial charge is 0.289 e. The second-order valence-electron chi connectivity index (χ2n) is 1.80. The van der Waals surface area contributed by atoms with Gasteiger partial charge in [-0.25, -0.2) is 5.53 Å². The molecular weight excluding hydrogens is 102 g/mol. The van der Waals surface area contributed by atoms with Crippen LogP contribution in [0.2, 0.25) is 0 Å². The maximum Gasteiger partial charge on any atom is 0.0535 e. The third-order valence-corrected chi connectivity index (χ3v) is 1.16. The number of rotatable bonds is 0. The lowest BCUT2D eigenvalue weighted by molar-refractivity contribution is 0.623. The van der Waals surface area contributed by atoms with Crippen LogP contribution in [0.3, 0.4) is 0 Å². The first-order valence-electron chi connectivity index (χ1n) is 2.52. The van der Waals surface area contributed by atoms with Crippen LogP contribution >= 0.6 is 0 Å². The zero-order valence-electron chi connectivity index (χ0n) is 5.02. The van der Waals surface area contributed by atoms with E-state index in [-0.39, 0.29) is 0 Å². The molecule has 0 atom stereocenters. The normalized spacial score (nSPS) is 17.8. The van der Waals surface area contributed by atoms with E-state index in [1.54, 1.807) is 6.21 Å². The summed E-state index contributed by atoms with van der Waals surface area (Å²) in [4.78, 5) is 0. The zero-order chi connectivity index (χ0) is 5.98. The highest BCUT2D eigenvalue weighted by atomic mass is 15.6. The molecule has 0 saturated carbocycles. The summed E-state index contributed by atoms with van der Waals surface area (Å²) < 4.78 is 0. The second-order valence-corrected chi connectivity index (χ2v) is 1.80. The van der Waals surface area contributed by atoms with Crippen molar-refractivity contribution in [2.75, 3.05) is 0 Å². The molecule has 1 aliphatic heterocycles. The molecule has 1 rings (SSSR count). The monoisotopic (exact) mass is 111 g/mol. The summed E-state index contributed by atoms with van der Waals surface area (Å²) in [6.07, 6.45) is 1.78. The van der Waals surface area contributed by atoms with Crippen LogP contribution in [-0.2, 0) is 0 Å². The molecule has 2 N–H and O–H groups in total. The van der Waals surface area contributed by atoms with Crippen molar-refractivity contribution in [2.24, 2.45) is 5.10 Å². The van der Waals surface area contributed by atoms with Crippen LogP contribution < -0.4 is 11.0 Å². The summed E-state index contributed by atoms with van der Waals surface area (Å²) in [7, 11) is 0. The van der Waals surface area contributed by atoms with Gasteiger partial charge in [0.1, 0.15) is 0 Å². The van der Waals surface area contributed by atoms with Crippen molar-refractivity contribution in [3.63, 3.8) is 0 Å². The molecule has 0 radical (unpaired) electrons. The average molecular weight is 111 g/mol. The summed E-state index contributed by atoms with van der Waals surface area (Å²) >= 11 is 0. The first kappa shape index (κ1) is 5.15. The molecule has 1 aliphatic rings. The number of nitrogens with one attached hydrogen (secondary N) is 2. The second kappa shape index (κ2) is 1.86. The first-order chi connectivity index (χ1) is 3.80. The maximum absolute atomic E-state index is 3.76. The molecule has 8 heavy (non-hydrogen) atoms. The van der Waals surface area contributed by atoms with Crippen molar-refractivity contribution >= 4 is 6.21 Å². The average Bonchev–Trinajstić information content (AvgIpc) is 1.77. The van der Waals surface area contributed by atoms with Crippen molar-refractivity contribution < 1.29 is 0 Å². The van der Waals surface area contributed by atoms with E-state index in [9.17, 15) is 0 Å². The Morgan fingerprint density at radius 2 is 2.25 bits per heavy atom. The van der Waals surface area contributed by atoms with Crippen LogP contribution in [0, 0.1) is 0 Å². The smallest absolute Gasteiger partial charge is 0.0535 e. The van der Waals surface area contributed by atoms with E-state index >= 15 is 0 Å². The topological polar surface area (TPSA) is 36.4 Å². The van der Waals surface area contributed by atoms with E-state index in [0.29, 0.717) is 0 Å². The van der Waals surface area contributed by atoms with Crippen molar-refractivity contribution in [3.8, 4) is 0 Å². The number of hydrazone groups is 1. The van der Waals surface area contributed by atoms with Gasteiger partial charge in [-0.1, -0.05) is 0 Å². The summed E-state index contributed by atoms with van der Waals surface area (Å²) in [5.41, 5.74) is 7.79. The van der Waals surface area contributed by atoms with Gasteiger partial charge in [0.25, 0.3) is 0 Å². The summed E-state index contributed by atoms with van der Waals surface area (Å²) in [5.74, 6) is 0. The maximum atomic E-state index is 3.76. The minimum atomic E-state index is 1.12. The zero-order valence-corrected chi connectivity index (χ0v) is 5.02. The third-order valence-electron chi connectivity index (χ3n) is 1.16. The van der Waals surface area contributed by atoms with Gasteiger partial charge in [-0.05, 0) is 19.4 Å². The SMILES string of the molecule is CC1=C(C)NNN=C1. The minimum Gasteiger partial charge on any atom is -0.289 e. The Morgan fingerprint density at radius 1 is 1.50 bits per heavy atom. The van der Waals surface area contributed by atoms with E-state index in [2.05, 4.69) is 16.1 Å². The number of hydrazine groups is 1. The quantitative estimate of drug-likeness (QED) is 0.474. The molecule has 3 heteroatoms. The summed E-state index contributed by atoms with van der Waals surface area (Å²) in [6.45, 7) is 4.00. The Kier molecular flexibility index (Phi) is 1.20. The van der Waals surface area contributed by atoms with Crippen LogP contribution in [0.4, 0.5) is 0 Å². The van der Waals surface area contributed by atoms with Crippen molar-refractivity contribution in [1.29, 1.82) is 0 Å². The lowest BCUT2D eigenvalue weighted by atomic mass is 10.3. The molecule has 0 bridgehead atoms. The molecule has 0 amide bonds. The fourth-order valence-electron chi connectivity index (χ4n) is 0.441. The minimum absolute atomic E-state index is 1.12. The fraction of sp³-hybridized carbons (Fsp3) is 0.400. The number of nitrogens with zero attached hydrogens (tertiary/aromatic N) is 1. The van der Waals surface area contributed by atoms with Gasteiger partial charge in [0, 0.05) is 5.70 Å². The van der Waals surface area contributed by atoms with E-state index < -0.39 is 0 Å². The van der Waals surface area contributed by atoms with Crippen LogP contribution in [0.25, 0.3) is 0 Å². The third kappa shape index (κ3) is 0.804. The van der Waals surface area contributed by atoms with E-state index in [4.69, 9.17) is 0 Å². The Labute approximate surface area is 48.4 Å². The Hall–Kier alpha value is -0.990. The lowest BCUT2D eigenvalue weighted by Crippen LogP contribution is -2.29. The van der Waals surface area contributed by atoms with Crippen LogP contribution in [0.5, 0.6) is 0 Å². The van der Waals surface area contributed by atoms with Crippen molar-refractivity contribution in [3.05, 3.63) is 11.3 Å². The Balaban J connectivity index is 2.76. The number of allylic oxidation sites excluding steroid dienone is 2. The van der Waals surface area contributed by atoms with Gasteiger partial charge in [0.05, 0.1) is 6.21 Å². The Morgan fingerprint density at radius 3 is 2.62 bits per heavy atom. The van der Waals surface area contributed by atoms with Crippen molar-refractivity contribution in [2.45, 2.75) is 13.8 Å². The van der Waals surface area contributed by atoms with Crippen molar-refractivity contribution in [1.82, 2.24) is 11.0 Å². The standard InChI is InChI=1S/C5H9N3/c1-4-3-6-8-7-5(4)2/h3,7-8H,1-2H3. The molecule has 0 unspecified atom stereocenters. The molecule has 0 aromatic rings. The van der Waals surface area contributed by atoms with Gasteiger partial charge in [0.15, 0.2) is 0 Å². The predicted octanol–water partition coefficient (Wildman–Crippen LogP) is 0.374. The van der Waals surface area contributed by atoms with Crippen LogP contribution in [-0.4, -0.2) is 6.21 Å². The highest BCUT2D eigenvalue weighted by Gasteiger charge is 1.94. The predicted molar refractivity (Wildman–Crippen MR) is 33.1 cm³/mol. The highest BCUT2D eigenvalue weighted by molar-refractivity contribution is 5.78.